The highest BCUT2D eigenvalue weighted by Crippen LogP contribution is 2.15. The van der Waals surface area contributed by atoms with Crippen LogP contribution < -0.4 is 0 Å². The van der Waals surface area contributed by atoms with E-state index in [1.165, 1.54) is 122 Å². The monoisotopic (exact) mass is 470 g/mol. The standard InChI is InChI=1S/C29H60NO3/c1-5-6-7-8-9-10-11-12-13-14-15-16-17-18-19-20-21-22-23-24-25-26-29(31)33-32-28-27-30(2,3)4/h5-28H2,1-4H3/q+1. The molecule has 0 aliphatic carbocycles. The molecule has 4 heteroatoms. The number of quaternary nitrogens is 1. The summed E-state index contributed by atoms with van der Waals surface area (Å²) in [4.78, 5) is 21.5. The van der Waals surface area contributed by atoms with E-state index in [4.69, 9.17) is 9.78 Å². The Morgan fingerprint density at radius 3 is 1.21 bits per heavy atom. The molecule has 0 unspecified atom stereocenters. The third-order valence-corrected chi connectivity index (χ3v) is 6.48. The van der Waals surface area contributed by atoms with E-state index in [1.807, 2.05) is 0 Å². The van der Waals surface area contributed by atoms with Gasteiger partial charge in [-0.05, 0) is 6.42 Å². The van der Waals surface area contributed by atoms with Crippen molar-refractivity contribution in [1.82, 2.24) is 0 Å². The van der Waals surface area contributed by atoms with Gasteiger partial charge < -0.3 is 4.48 Å². The lowest BCUT2D eigenvalue weighted by Gasteiger charge is -2.22. The average Bonchev–Trinajstić information content (AvgIpc) is 2.77. The Labute approximate surface area is 207 Å². The van der Waals surface area contributed by atoms with Crippen LogP contribution in [0.25, 0.3) is 0 Å². The van der Waals surface area contributed by atoms with Gasteiger partial charge >= 0.3 is 5.97 Å². The van der Waals surface area contributed by atoms with Crippen LogP contribution >= 0.6 is 0 Å². The first kappa shape index (κ1) is 32.4. The number of rotatable bonds is 26. The van der Waals surface area contributed by atoms with Crippen LogP contribution in [0.1, 0.15) is 148 Å². The molecule has 0 radical (unpaired) electrons. The van der Waals surface area contributed by atoms with E-state index in [0.29, 0.717) is 13.0 Å². The van der Waals surface area contributed by atoms with E-state index in [0.717, 1.165) is 23.9 Å². The van der Waals surface area contributed by atoms with Gasteiger partial charge in [-0.25, -0.2) is 4.79 Å². The second-order valence-corrected chi connectivity index (χ2v) is 11.1. The molecule has 0 saturated carbocycles. The largest absolute Gasteiger partial charge is 0.342 e. The fraction of sp³-hybridized carbons (Fsp3) is 0.966. The van der Waals surface area contributed by atoms with Crippen molar-refractivity contribution in [1.29, 1.82) is 0 Å². The van der Waals surface area contributed by atoms with Crippen LogP contribution in [0.15, 0.2) is 0 Å². The van der Waals surface area contributed by atoms with Gasteiger partial charge in [0, 0.05) is 6.42 Å². The first-order valence-electron chi connectivity index (χ1n) is 14.6. The summed E-state index contributed by atoms with van der Waals surface area (Å²) < 4.78 is 0.803. The summed E-state index contributed by atoms with van der Waals surface area (Å²) in [5.41, 5.74) is 0. The molecule has 0 aliphatic rings. The van der Waals surface area contributed by atoms with Gasteiger partial charge in [0.25, 0.3) is 0 Å². The van der Waals surface area contributed by atoms with Crippen LogP contribution in [-0.2, 0) is 14.6 Å². The van der Waals surface area contributed by atoms with Crippen molar-refractivity contribution in [3.63, 3.8) is 0 Å². The Morgan fingerprint density at radius 2 is 0.879 bits per heavy atom. The van der Waals surface area contributed by atoms with Gasteiger partial charge in [-0.3, -0.25) is 4.89 Å². The van der Waals surface area contributed by atoms with Gasteiger partial charge in [0.1, 0.15) is 13.2 Å². The Hall–Kier alpha value is -0.610. The molecular formula is C29H60NO3+. The summed E-state index contributed by atoms with van der Waals surface area (Å²) >= 11 is 0. The van der Waals surface area contributed by atoms with Gasteiger partial charge in [0.05, 0.1) is 21.1 Å². The zero-order chi connectivity index (χ0) is 24.5. The molecule has 0 aromatic heterocycles. The number of carbonyl (C=O) groups excluding carboxylic acids is 1. The second kappa shape index (κ2) is 24.5. The van der Waals surface area contributed by atoms with Crippen molar-refractivity contribution < 1.29 is 19.1 Å². The summed E-state index contributed by atoms with van der Waals surface area (Å²) in [6, 6.07) is 0. The summed E-state index contributed by atoms with van der Waals surface area (Å²) in [6.07, 6.45) is 29.3. The highest BCUT2D eigenvalue weighted by molar-refractivity contribution is 5.68. The van der Waals surface area contributed by atoms with Crippen molar-refractivity contribution in [2.45, 2.75) is 148 Å². The molecule has 0 aromatic rings. The molecule has 4 nitrogen and oxygen atoms in total. The zero-order valence-corrected chi connectivity index (χ0v) is 23.1. The number of unbranched alkanes of at least 4 members (excludes halogenated alkanes) is 20. The molecule has 33 heavy (non-hydrogen) atoms. The van der Waals surface area contributed by atoms with Crippen molar-refractivity contribution in [2.75, 3.05) is 34.3 Å². The third-order valence-electron chi connectivity index (χ3n) is 6.48. The molecule has 0 aliphatic heterocycles. The lowest BCUT2D eigenvalue weighted by Crippen LogP contribution is -2.37. The molecule has 0 rings (SSSR count). The van der Waals surface area contributed by atoms with Crippen molar-refractivity contribution in [3.05, 3.63) is 0 Å². The Morgan fingerprint density at radius 1 is 0.545 bits per heavy atom. The Bertz CT molecular complexity index is 406. The first-order valence-corrected chi connectivity index (χ1v) is 14.6. The molecule has 0 saturated heterocycles. The van der Waals surface area contributed by atoms with Gasteiger partial charge in [-0.2, -0.15) is 4.89 Å². The molecule has 0 amide bonds. The van der Waals surface area contributed by atoms with Crippen LogP contribution in [0.5, 0.6) is 0 Å². The van der Waals surface area contributed by atoms with Gasteiger partial charge in [-0.1, -0.05) is 135 Å². The fourth-order valence-electron chi connectivity index (χ4n) is 4.16. The minimum absolute atomic E-state index is 0.228. The van der Waals surface area contributed by atoms with Gasteiger partial charge in [-0.15, -0.1) is 0 Å². The number of likely N-dealkylation sites (N-methyl/N-ethyl adjacent to an activating group) is 1. The summed E-state index contributed by atoms with van der Waals surface area (Å²) in [6.45, 7) is 3.57. The predicted molar refractivity (Wildman–Crippen MR) is 142 cm³/mol. The maximum absolute atomic E-state index is 11.6. The van der Waals surface area contributed by atoms with E-state index in [9.17, 15) is 4.79 Å². The maximum Gasteiger partial charge on any atom is 0.342 e. The molecule has 0 N–H and O–H groups in total. The number of hydrogen-bond donors (Lipinski definition) is 0. The molecule has 0 fully saturated rings. The average molecular weight is 471 g/mol. The fourth-order valence-corrected chi connectivity index (χ4v) is 4.16. The third kappa shape index (κ3) is 29.4. The van der Waals surface area contributed by atoms with Crippen LogP contribution in [-0.4, -0.2) is 44.7 Å². The van der Waals surface area contributed by atoms with E-state index >= 15 is 0 Å². The number of nitrogens with zero attached hydrogens (tertiary/aromatic N) is 1. The van der Waals surface area contributed by atoms with Crippen LogP contribution in [0.2, 0.25) is 0 Å². The van der Waals surface area contributed by atoms with Crippen LogP contribution in [0.4, 0.5) is 0 Å². The molecule has 0 aromatic carbocycles. The Balaban J connectivity index is 3.13. The van der Waals surface area contributed by atoms with E-state index in [-0.39, 0.29) is 5.97 Å². The van der Waals surface area contributed by atoms with Crippen molar-refractivity contribution in [3.8, 4) is 0 Å². The van der Waals surface area contributed by atoms with Crippen molar-refractivity contribution in [2.24, 2.45) is 0 Å². The normalized spacial score (nSPS) is 11.8. The minimum Gasteiger partial charge on any atom is -0.329 e. The molecule has 0 bridgehead atoms. The second-order valence-electron chi connectivity index (χ2n) is 11.1. The highest BCUT2D eigenvalue weighted by atomic mass is 17.2. The van der Waals surface area contributed by atoms with Gasteiger partial charge in [0.15, 0.2) is 0 Å². The summed E-state index contributed by atoms with van der Waals surface area (Å²) in [5, 5.41) is 0. The van der Waals surface area contributed by atoms with Crippen molar-refractivity contribution >= 4 is 5.97 Å². The molecule has 0 atom stereocenters. The van der Waals surface area contributed by atoms with Gasteiger partial charge in [0.2, 0.25) is 0 Å². The molecule has 198 valence electrons. The molecule has 0 spiro atoms. The van der Waals surface area contributed by atoms with E-state index in [2.05, 4.69) is 28.1 Å². The van der Waals surface area contributed by atoms with Crippen LogP contribution in [0, 0.1) is 0 Å². The summed E-state index contributed by atoms with van der Waals surface area (Å²) in [7, 11) is 6.27. The Kier molecular flexibility index (Phi) is 24.1. The number of carbonyl (C=O) groups is 1. The smallest absolute Gasteiger partial charge is 0.329 e. The molecular weight excluding hydrogens is 410 g/mol. The van der Waals surface area contributed by atoms with E-state index in [1.54, 1.807) is 0 Å². The maximum atomic E-state index is 11.6. The first-order chi connectivity index (χ1) is 16.0. The lowest BCUT2D eigenvalue weighted by atomic mass is 10.0. The lowest BCUT2D eigenvalue weighted by molar-refractivity contribution is -0.871. The zero-order valence-electron chi connectivity index (χ0n) is 23.1. The van der Waals surface area contributed by atoms with E-state index < -0.39 is 0 Å². The SMILES string of the molecule is CCCCCCCCCCCCCCCCCCCCCCCC(=O)OOCC[N+](C)(C)C. The van der Waals surface area contributed by atoms with Crippen LogP contribution in [0.3, 0.4) is 0 Å². The number of hydrogen-bond acceptors (Lipinski definition) is 3. The summed E-state index contributed by atoms with van der Waals surface area (Å²) in [5.74, 6) is -0.228. The molecule has 0 heterocycles. The predicted octanol–water partition coefficient (Wildman–Crippen LogP) is 8.77. The quantitative estimate of drug-likeness (QED) is 0.0548. The minimum atomic E-state index is -0.228. The topological polar surface area (TPSA) is 35.5 Å². The highest BCUT2D eigenvalue weighted by Gasteiger charge is 2.08.